The molecule has 0 heterocycles. The number of hydrogen-bond donors (Lipinski definition) is 2. The van der Waals surface area contributed by atoms with E-state index in [4.69, 9.17) is 5.11 Å². The van der Waals surface area contributed by atoms with Crippen LogP contribution in [0.4, 0.5) is 0 Å². The van der Waals surface area contributed by atoms with E-state index in [1.807, 2.05) is 24.3 Å². The van der Waals surface area contributed by atoms with Gasteiger partial charge in [-0.2, -0.15) is 0 Å². The number of fused-ring (bicyclic) bond motifs is 1. The van der Waals surface area contributed by atoms with E-state index < -0.39 is 5.97 Å². The molecule has 1 atom stereocenters. The number of aliphatic hydroxyl groups is 1. The van der Waals surface area contributed by atoms with Crippen LogP contribution in [-0.2, 0) is 11.2 Å². The van der Waals surface area contributed by atoms with E-state index in [-0.39, 0.29) is 18.2 Å². The second-order valence-corrected chi connectivity index (χ2v) is 3.89. The molecule has 0 aromatic heterocycles. The quantitative estimate of drug-likeness (QED) is 0.781. The molecule has 0 radical (unpaired) electrons. The van der Waals surface area contributed by atoms with Crippen molar-refractivity contribution in [1.29, 1.82) is 0 Å². The van der Waals surface area contributed by atoms with Gasteiger partial charge in [0.25, 0.3) is 0 Å². The summed E-state index contributed by atoms with van der Waals surface area (Å²) in [6, 6.07) is 7.77. The minimum absolute atomic E-state index is 0.234. The number of benzene rings is 1. The first-order chi connectivity index (χ1) is 8.18. The van der Waals surface area contributed by atoms with Crippen molar-refractivity contribution >= 4 is 12.2 Å². The third-order valence-corrected chi connectivity index (χ3v) is 2.72. The smallest absolute Gasteiger partial charge is 0.325 e. The number of hydrogen-bond acceptors (Lipinski definition) is 3. The van der Waals surface area contributed by atoms with E-state index in [2.05, 4.69) is 4.99 Å². The van der Waals surface area contributed by atoms with E-state index in [9.17, 15) is 9.90 Å². The zero-order valence-electron chi connectivity index (χ0n) is 9.21. The van der Waals surface area contributed by atoms with Crippen molar-refractivity contribution in [3.05, 3.63) is 47.2 Å². The molecule has 0 fully saturated rings. The lowest BCUT2D eigenvalue weighted by Gasteiger charge is -2.20. The van der Waals surface area contributed by atoms with E-state index in [1.54, 1.807) is 6.08 Å². The van der Waals surface area contributed by atoms with Crippen LogP contribution in [0.2, 0.25) is 0 Å². The van der Waals surface area contributed by atoms with Crippen LogP contribution in [0.1, 0.15) is 17.0 Å². The number of aliphatic carboxylic acids is 1. The maximum Gasteiger partial charge on any atom is 0.325 e. The Morgan fingerprint density at radius 2 is 2.24 bits per heavy atom. The first kappa shape index (κ1) is 11.4. The molecule has 2 rings (SSSR count). The average Bonchev–Trinajstić information content (AvgIpc) is 2.32. The summed E-state index contributed by atoms with van der Waals surface area (Å²) in [5.41, 5.74) is 2.12. The fourth-order valence-corrected chi connectivity index (χ4v) is 1.92. The second-order valence-electron chi connectivity index (χ2n) is 3.89. The van der Waals surface area contributed by atoms with Gasteiger partial charge in [-0.1, -0.05) is 24.3 Å². The number of carboxylic acids is 1. The molecule has 0 saturated carbocycles. The fourth-order valence-electron chi connectivity index (χ4n) is 1.92. The Morgan fingerprint density at radius 3 is 3.00 bits per heavy atom. The minimum atomic E-state index is -0.978. The van der Waals surface area contributed by atoms with Gasteiger partial charge < -0.3 is 10.2 Å². The van der Waals surface area contributed by atoms with Crippen LogP contribution >= 0.6 is 0 Å². The van der Waals surface area contributed by atoms with Gasteiger partial charge in [0.1, 0.15) is 12.3 Å². The normalized spacial score (nSPS) is 18.8. The summed E-state index contributed by atoms with van der Waals surface area (Å²) in [6.07, 6.45) is 3.93. The molecule has 0 spiro atoms. The molecule has 1 aliphatic carbocycles. The monoisotopic (exact) mass is 231 g/mol. The van der Waals surface area contributed by atoms with Crippen molar-refractivity contribution in [2.45, 2.75) is 12.3 Å². The molecule has 88 valence electrons. The molecule has 4 nitrogen and oxygen atoms in total. The zero-order chi connectivity index (χ0) is 12.3. The first-order valence-electron chi connectivity index (χ1n) is 5.37. The fraction of sp³-hybridized carbons (Fsp3) is 0.231. The van der Waals surface area contributed by atoms with Crippen LogP contribution in [-0.4, -0.2) is 28.9 Å². The van der Waals surface area contributed by atoms with E-state index >= 15 is 0 Å². The molecule has 2 N–H and O–H groups in total. The van der Waals surface area contributed by atoms with Crippen LogP contribution < -0.4 is 0 Å². The minimum Gasteiger partial charge on any atom is -0.512 e. The number of aliphatic imine (C=N–C) groups is 1. The number of carbonyl (C=O) groups is 1. The Hall–Kier alpha value is -2.10. The topological polar surface area (TPSA) is 69.9 Å². The summed E-state index contributed by atoms with van der Waals surface area (Å²) < 4.78 is 0. The van der Waals surface area contributed by atoms with Crippen molar-refractivity contribution in [3.8, 4) is 0 Å². The lowest BCUT2D eigenvalue weighted by molar-refractivity contribution is -0.135. The molecule has 1 unspecified atom stereocenters. The van der Waals surface area contributed by atoms with Gasteiger partial charge in [-0.15, -0.1) is 0 Å². The Bertz CT molecular complexity index is 491. The van der Waals surface area contributed by atoms with E-state index in [1.165, 1.54) is 6.21 Å². The van der Waals surface area contributed by atoms with Gasteiger partial charge in [-0.3, -0.25) is 9.79 Å². The van der Waals surface area contributed by atoms with Crippen molar-refractivity contribution in [3.63, 3.8) is 0 Å². The Labute approximate surface area is 98.9 Å². The van der Waals surface area contributed by atoms with Crippen LogP contribution in [0.25, 0.3) is 0 Å². The molecule has 17 heavy (non-hydrogen) atoms. The largest absolute Gasteiger partial charge is 0.512 e. The average molecular weight is 231 g/mol. The van der Waals surface area contributed by atoms with E-state index in [0.717, 1.165) is 11.1 Å². The summed E-state index contributed by atoms with van der Waals surface area (Å²) in [6.45, 7) is -0.272. The summed E-state index contributed by atoms with van der Waals surface area (Å²) in [5, 5.41) is 18.3. The Kier molecular flexibility index (Phi) is 3.23. The summed E-state index contributed by atoms with van der Waals surface area (Å²) in [5.74, 6) is -1.06. The maximum atomic E-state index is 10.4. The third-order valence-electron chi connectivity index (χ3n) is 2.72. The second kappa shape index (κ2) is 4.82. The predicted octanol–water partition coefficient (Wildman–Crippen LogP) is 1.92. The van der Waals surface area contributed by atoms with Crippen molar-refractivity contribution < 1.29 is 15.0 Å². The summed E-state index contributed by atoms with van der Waals surface area (Å²) >= 11 is 0. The van der Waals surface area contributed by atoms with Crippen molar-refractivity contribution in [2.75, 3.05) is 6.54 Å². The lowest BCUT2D eigenvalue weighted by Crippen LogP contribution is -2.12. The van der Waals surface area contributed by atoms with Gasteiger partial charge in [-0.05, 0) is 23.6 Å². The highest BCUT2D eigenvalue weighted by Gasteiger charge is 2.20. The highest BCUT2D eigenvalue weighted by Crippen LogP contribution is 2.29. The highest BCUT2D eigenvalue weighted by molar-refractivity contribution is 5.77. The zero-order valence-corrected chi connectivity index (χ0v) is 9.21. The summed E-state index contributed by atoms with van der Waals surface area (Å²) in [4.78, 5) is 14.2. The highest BCUT2D eigenvalue weighted by atomic mass is 16.4. The summed E-state index contributed by atoms with van der Waals surface area (Å²) in [7, 11) is 0. The molecule has 1 aromatic carbocycles. The van der Waals surface area contributed by atoms with Gasteiger partial charge in [0.15, 0.2) is 0 Å². The van der Waals surface area contributed by atoms with Gasteiger partial charge >= 0.3 is 5.97 Å². The number of allylic oxidation sites excluding steroid dienone is 2. The van der Waals surface area contributed by atoms with Crippen LogP contribution in [0.15, 0.2) is 41.1 Å². The molecule has 0 amide bonds. The molecular formula is C13H13NO3. The first-order valence-corrected chi connectivity index (χ1v) is 5.37. The molecule has 4 heteroatoms. The molecule has 0 bridgehead atoms. The SMILES string of the molecule is O=C(O)CN=CC1C(O)=CCc2ccccc21. The molecule has 1 aromatic rings. The molecular weight excluding hydrogens is 218 g/mol. The maximum absolute atomic E-state index is 10.4. The van der Waals surface area contributed by atoms with Gasteiger partial charge in [0.2, 0.25) is 0 Å². The third kappa shape index (κ3) is 2.53. The van der Waals surface area contributed by atoms with Gasteiger partial charge in [-0.25, -0.2) is 0 Å². The van der Waals surface area contributed by atoms with Crippen LogP contribution in [0.3, 0.4) is 0 Å². The van der Waals surface area contributed by atoms with Crippen LogP contribution in [0.5, 0.6) is 0 Å². The number of nitrogens with zero attached hydrogens (tertiary/aromatic N) is 1. The van der Waals surface area contributed by atoms with E-state index in [0.29, 0.717) is 6.42 Å². The Balaban J connectivity index is 2.25. The number of aliphatic hydroxyl groups excluding tert-OH is 1. The molecule has 0 saturated heterocycles. The van der Waals surface area contributed by atoms with Crippen molar-refractivity contribution in [1.82, 2.24) is 0 Å². The predicted molar refractivity (Wildman–Crippen MR) is 64.6 cm³/mol. The molecule has 0 aliphatic heterocycles. The van der Waals surface area contributed by atoms with Gasteiger partial charge in [0, 0.05) is 6.21 Å². The van der Waals surface area contributed by atoms with Crippen molar-refractivity contribution in [2.24, 2.45) is 4.99 Å². The molecule has 1 aliphatic rings. The van der Waals surface area contributed by atoms with Crippen LogP contribution in [0, 0.1) is 0 Å². The number of rotatable bonds is 3. The lowest BCUT2D eigenvalue weighted by atomic mass is 9.87. The standard InChI is InChI=1S/C13H13NO3/c15-12-6-5-9-3-1-2-4-10(9)11(12)7-14-8-13(16)17/h1-4,6-7,11,15H,5,8H2,(H,16,17). The number of carboxylic acid groups (broad SMARTS) is 1. The Morgan fingerprint density at radius 1 is 1.47 bits per heavy atom. The van der Waals surface area contributed by atoms with Gasteiger partial charge in [0.05, 0.1) is 5.92 Å².